The van der Waals surface area contributed by atoms with Crippen LogP contribution in [0.1, 0.15) is 25.7 Å². The zero-order valence-corrected chi connectivity index (χ0v) is 12.8. The highest BCUT2D eigenvalue weighted by molar-refractivity contribution is 7.89. The van der Waals surface area contributed by atoms with Crippen LogP contribution in [0.15, 0.2) is 23.1 Å². The maximum absolute atomic E-state index is 11.4. The first-order chi connectivity index (χ1) is 9.93. The van der Waals surface area contributed by atoms with Gasteiger partial charge in [-0.3, -0.25) is 0 Å². The minimum absolute atomic E-state index is 0.0603. The zero-order chi connectivity index (χ0) is 15.5. The highest BCUT2D eigenvalue weighted by Crippen LogP contribution is 2.31. The molecule has 1 aliphatic carbocycles. The second-order valence-electron chi connectivity index (χ2n) is 5.63. The molecule has 1 fully saturated rings. The van der Waals surface area contributed by atoms with Gasteiger partial charge >= 0.3 is 0 Å². The molecule has 118 valence electrons. The summed E-state index contributed by atoms with van der Waals surface area (Å²) >= 11 is 0. The number of hydrogen-bond acceptors (Lipinski definition) is 5. The molecule has 2 rings (SSSR count). The Bertz CT molecular complexity index is 589. The summed E-state index contributed by atoms with van der Waals surface area (Å²) < 4.78 is 22.9. The number of aliphatic hydroxyl groups excluding tert-OH is 1. The fourth-order valence-corrected chi connectivity index (χ4v) is 3.67. The van der Waals surface area contributed by atoms with Gasteiger partial charge in [0.15, 0.2) is 0 Å². The van der Waals surface area contributed by atoms with Gasteiger partial charge in [-0.25, -0.2) is 13.6 Å². The molecule has 0 heterocycles. The third-order valence-electron chi connectivity index (χ3n) is 4.23. The SMILES string of the molecule is Nc1c(NCC2CCCCC2CO)cccc1S(N)(=O)=O. The number of rotatable bonds is 5. The minimum atomic E-state index is -3.82. The lowest BCUT2D eigenvalue weighted by Gasteiger charge is -2.30. The van der Waals surface area contributed by atoms with Gasteiger partial charge in [-0.1, -0.05) is 18.9 Å². The van der Waals surface area contributed by atoms with Crippen LogP contribution in [-0.2, 0) is 10.0 Å². The molecule has 2 unspecified atom stereocenters. The average Bonchev–Trinajstić information content (AvgIpc) is 2.45. The van der Waals surface area contributed by atoms with Crippen LogP contribution in [0.4, 0.5) is 11.4 Å². The Morgan fingerprint density at radius 2 is 1.90 bits per heavy atom. The lowest BCUT2D eigenvalue weighted by molar-refractivity contribution is 0.141. The normalized spacial score (nSPS) is 23.0. The fraction of sp³-hybridized carbons (Fsp3) is 0.571. The molecule has 7 heteroatoms. The van der Waals surface area contributed by atoms with Crippen molar-refractivity contribution in [2.45, 2.75) is 30.6 Å². The highest BCUT2D eigenvalue weighted by atomic mass is 32.2. The molecule has 1 aliphatic rings. The number of nitrogens with one attached hydrogen (secondary N) is 1. The van der Waals surface area contributed by atoms with Gasteiger partial charge in [0.25, 0.3) is 0 Å². The molecule has 1 saturated carbocycles. The Labute approximate surface area is 125 Å². The summed E-state index contributed by atoms with van der Waals surface area (Å²) in [6.45, 7) is 0.864. The molecular formula is C14H23N3O3S. The first-order valence-corrected chi connectivity index (χ1v) is 8.74. The van der Waals surface area contributed by atoms with Crippen molar-refractivity contribution in [1.29, 1.82) is 0 Å². The molecule has 6 nitrogen and oxygen atoms in total. The van der Waals surface area contributed by atoms with Gasteiger partial charge in [-0.2, -0.15) is 0 Å². The van der Waals surface area contributed by atoms with Gasteiger partial charge in [-0.15, -0.1) is 0 Å². The fourth-order valence-electron chi connectivity index (χ4n) is 2.98. The molecule has 0 spiro atoms. The van der Waals surface area contributed by atoms with Crippen LogP contribution in [0, 0.1) is 11.8 Å². The monoisotopic (exact) mass is 313 g/mol. The van der Waals surface area contributed by atoms with Crippen LogP contribution < -0.4 is 16.2 Å². The standard InChI is InChI=1S/C14H23N3O3S/c15-14-12(6-3-7-13(14)21(16,19)20)17-8-10-4-1-2-5-11(10)9-18/h3,6-7,10-11,17-18H,1-2,4-5,8-9,15H2,(H2,16,19,20). The minimum Gasteiger partial charge on any atom is -0.396 e. The Balaban J connectivity index is 2.10. The van der Waals surface area contributed by atoms with Crippen LogP contribution in [-0.4, -0.2) is 26.7 Å². The number of anilines is 2. The Morgan fingerprint density at radius 1 is 1.24 bits per heavy atom. The van der Waals surface area contributed by atoms with Crippen molar-refractivity contribution in [1.82, 2.24) is 0 Å². The molecule has 0 bridgehead atoms. The number of sulfonamides is 1. The van der Waals surface area contributed by atoms with Crippen LogP contribution in [0.25, 0.3) is 0 Å². The topological polar surface area (TPSA) is 118 Å². The smallest absolute Gasteiger partial charge is 0.240 e. The first-order valence-electron chi connectivity index (χ1n) is 7.19. The van der Waals surface area contributed by atoms with E-state index in [0.29, 0.717) is 24.1 Å². The van der Waals surface area contributed by atoms with Crippen LogP contribution in [0.5, 0.6) is 0 Å². The lowest BCUT2D eigenvalue weighted by atomic mass is 9.79. The van der Waals surface area contributed by atoms with E-state index in [4.69, 9.17) is 10.9 Å². The summed E-state index contributed by atoms with van der Waals surface area (Å²) in [5.41, 5.74) is 6.60. The Morgan fingerprint density at radius 3 is 2.52 bits per heavy atom. The number of primary sulfonamides is 1. The summed E-state index contributed by atoms with van der Waals surface area (Å²) in [5.74, 6) is 0.676. The third kappa shape index (κ3) is 3.87. The number of hydrogen-bond donors (Lipinski definition) is 4. The molecule has 1 aromatic rings. The van der Waals surface area contributed by atoms with Crippen molar-refractivity contribution in [2.75, 3.05) is 24.2 Å². The van der Waals surface area contributed by atoms with E-state index in [9.17, 15) is 13.5 Å². The summed E-state index contributed by atoms with van der Waals surface area (Å²) in [6.07, 6.45) is 4.42. The predicted octanol–water partition coefficient (Wildman–Crippen LogP) is 1.13. The van der Waals surface area contributed by atoms with Crippen molar-refractivity contribution >= 4 is 21.4 Å². The Kier molecular flexibility index (Phi) is 5.08. The second kappa shape index (κ2) is 6.64. The van der Waals surface area contributed by atoms with Crippen LogP contribution in [0.2, 0.25) is 0 Å². The van der Waals surface area contributed by atoms with E-state index >= 15 is 0 Å². The van der Waals surface area contributed by atoms with Gasteiger partial charge in [0, 0.05) is 13.2 Å². The van der Waals surface area contributed by atoms with Gasteiger partial charge in [0.05, 0.1) is 11.4 Å². The molecular weight excluding hydrogens is 290 g/mol. The van der Waals surface area contributed by atoms with E-state index < -0.39 is 10.0 Å². The maximum Gasteiger partial charge on any atom is 0.240 e. The molecule has 1 aromatic carbocycles. The number of aliphatic hydroxyl groups is 1. The molecule has 0 radical (unpaired) electrons. The van der Waals surface area contributed by atoms with E-state index in [2.05, 4.69) is 5.32 Å². The maximum atomic E-state index is 11.4. The molecule has 2 atom stereocenters. The van der Waals surface area contributed by atoms with Gasteiger partial charge < -0.3 is 16.2 Å². The van der Waals surface area contributed by atoms with Crippen LogP contribution >= 0.6 is 0 Å². The second-order valence-corrected chi connectivity index (χ2v) is 7.16. The predicted molar refractivity (Wildman–Crippen MR) is 83.3 cm³/mol. The molecule has 0 aliphatic heterocycles. The van der Waals surface area contributed by atoms with Crippen molar-refractivity contribution < 1.29 is 13.5 Å². The molecule has 0 amide bonds. The molecule has 0 saturated heterocycles. The molecule has 0 aromatic heterocycles. The summed E-state index contributed by atoms with van der Waals surface area (Å²) in [7, 11) is -3.82. The van der Waals surface area contributed by atoms with Crippen molar-refractivity contribution in [3.8, 4) is 0 Å². The largest absolute Gasteiger partial charge is 0.396 e. The van der Waals surface area contributed by atoms with Gasteiger partial charge in [-0.05, 0) is 36.8 Å². The quantitative estimate of drug-likeness (QED) is 0.608. The summed E-state index contributed by atoms with van der Waals surface area (Å²) in [6, 6.07) is 4.75. The molecule has 21 heavy (non-hydrogen) atoms. The van der Waals surface area contributed by atoms with Gasteiger partial charge in [0.2, 0.25) is 10.0 Å². The van der Waals surface area contributed by atoms with Crippen LogP contribution in [0.3, 0.4) is 0 Å². The van der Waals surface area contributed by atoms with Crippen molar-refractivity contribution in [3.63, 3.8) is 0 Å². The van der Waals surface area contributed by atoms with Crippen molar-refractivity contribution in [2.24, 2.45) is 17.0 Å². The van der Waals surface area contributed by atoms with E-state index in [0.717, 1.165) is 25.7 Å². The van der Waals surface area contributed by atoms with E-state index in [1.54, 1.807) is 12.1 Å². The molecule has 6 N–H and O–H groups in total. The number of para-hydroxylation sites is 1. The first kappa shape index (κ1) is 16.1. The van der Waals surface area contributed by atoms with Crippen molar-refractivity contribution in [3.05, 3.63) is 18.2 Å². The Hall–Kier alpha value is -1.31. The van der Waals surface area contributed by atoms with Gasteiger partial charge in [0.1, 0.15) is 4.90 Å². The number of nitrogen functional groups attached to an aromatic ring is 1. The summed E-state index contributed by atoms with van der Waals surface area (Å²) in [4.78, 5) is -0.0603. The zero-order valence-electron chi connectivity index (χ0n) is 12.0. The van der Waals surface area contributed by atoms with E-state index in [1.807, 2.05) is 0 Å². The highest BCUT2D eigenvalue weighted by Gasteiger charge is 2.24. The van der Waals surface area contributed by atoms with E-state index in [1.165, 1.54) is 6.07 Å². The van der Waals surface area contributed by atoms with E-state index in [-0.39, 0.29) is 17.2 Å². The average molecular weight is 313 g/mol. The lowest BCUT2D eigenvalue weighted by Crippen LogP contribution is -2.29. The number of benzene rings is 1. The summed E-state index contributed by atoms with van der Waals surface area (Å²) in [5, 5.41) is 17.8. The third-order valence-corrected chi connectivity index (χ3v) is 5.20. The number of nitrogens with two attached hydrogens (primary N) is 2.